The second-order valence-corrected chi connectivity index (χ2v) is 9.23. The molecule has 1 amide bonds. The van der Waals surface area contributed by atoms with Gasteiger partial charge in [-0.3, -0.25) is 4.79 Å². The van der Waals surface area contributed by atoms with Gasteiger partial charge in [-0.15, -0.1) is 0 Å². The van der Waals surface area contributed by atoms with Crippen molar-refractivity contribution in [2.24, 2.45) is 5.92 Å². The van der Waals surface area contributed by atoms with Crippen LogP contribution < -0.4 is 4.90 Å². The normalized spacial score (nSPS) is 15.5. The molecular weight excluding hydrogens is 419 g/mol. The van der Waals surface area contributed by atoms with Crippen LogP contribution in [0.4, 0.5) is 10.2 Å². The molecule has 1 aliphatic rings. The van der Waals surface area contributed by atoms with Gasteiger partial charge in [0.1, 0.15) is 17.5 Å². The number of amides is 1. The van der Waals surface area contributed by atoms with Gasteiger partial charge in [0.05, 0.1) is 16.8 Å². The number of carbonyl (C=O) groups is 1. The summed E-state index contributed by atoms with van der Waals surface area (Å²) >= 11 is 0. The van der Waals surface area contributed by atoms with Crippen LogP contribution in [0, 0.1) is 18.7 Å². The van der Waals surface area contributed by atoms with E-state index in [1.54, 1.807) is 16.8 Å². The predicted octanol–water partition coefficient (Wildman–Crippen LogP) is 4.47. The maximum absolute atomic E-state index is 13.5. The molecule has 7 nitrogen and oxygen atoms in total. The Kier molecular flexibility index (Phi) is 6.63. The number of hydrogen-bond acceptors (Lipinski definition) is 5. The van der Waals surface area contributed by atoms with Gasteiger partial charge in [-0.2, -0.15) is 5.10 Å². The van der Waals surface area contributed by atoms with Crippen molar-refractivity contribution in [2.45, 2.75) is 53.4 Å². The molecule has 1 fully saturated rings. The van der Waals surface area contributed by atoms with Crippen molar-refractivity contribution < 1.29 is 9.18 Å². The van der Waals surface area contributed by atoms with Crippen LogP contribution in [0.1, 0.15) is 58.0 Å². The fourth-order valence-corrected chi connectivity index (χ4v) is 4.46. The van der Waals surface area contributed by atoms with E-state index >= 15 is 0 Å². The molecule has 1 aromatic carbocycles. The van der Waals surface area contributed by atoms with Crippen LogP contribution in [0.3, 0.4) is 0 Å². The molecule has 0 spiro atoms. The number of rotatable bonds is 6. The predicted molar refractivity (Wildman–Crippen MR) is 128 cm³/mol. The minimum Gasteiger partial charge on any atom is -0.352 e. The molecule has 0 bridgehead atoms. The number of anilines is 1. The highest BCUT2D eigenvalue weighted by Gasteiger charge is 2.27. The molecule has 0 N–H and O–H groups in total. The topological polar surface area (TPSA) is 67.2 Å². The number of benzene rings is 1. The largest absolute Gasteiger partial charge is 0.352 e. The molecule has 0 saturated carbocycles. The highest BCUT2D eigenvalue weighted by molar-refractivity contribution is 5.91. The summed E-state index contributed by atoms with van der Waals surface area (Å²) < 4.78 is 15.3. The zero-order valence-corrected chi connectivity index (χ0v) is 20.2. The second kappa shape index (κ2) is 9.45. The summed E-state index contributed by atoms with van der Waals surface area (Å²) in [5.41, 5.74) is 2.34. The smallest absolute Gasteiger partial charge is 0.225 e. The summed E-state index contributed by atoms with van der Waals surface area (Å²) in [6, 6.07) is 6.31. The van der Waals surface area contributed by atoms with Crippen molar-refractivity contribution in [3.8, 4) is 5.69 Å². The van der Waals surface area contributed by atoms with E-state index in [4.69, 9.17) is 15.1 Å². The van der Waals surface area contributed by atoms with Crippen LogP contribution in [-0.4, -0.2) is 56.7 Å². The Morgan fingerprint density at radius 2 is 1.73 bits per heavy atom. The third-order valence-corrected chi connectivity index (χ3v) is 6.32. The summed E-state index contributed by atoms with van der Waals surface area (Å²) in [7, 11) is 0. The molecule has 3 aromatic rings. The number of carbonyl (C=O) groups excluding carboxylic acids is 1. The number of aromatic nitrogens is 4. The lowest BCUT2D eigenvalue weighted by molar-refractivity contribution is -0.134. The Bertz CT molecular complexity index is 1130. The van der Waals surface area contributed by atoms with Crippen LogP contribution in [0.2, 0.25) is 0 Å². The molecule has 1 unspecified atom stereocenters. The Balaban J connectivity index is 1.78. The molecule has 8 heteroatoms. The van der Waals surface area contributed by atoms with Gasteiger partial charge in [0, 0.05) is 38.0 Å². The first-order valence-electron chi connectivity index (χ1n) is 11.9. The van der Waals surface area contributed by atoms with E-state index in [-0.39, 0.29) is 23.6 Å². The van der Waals surface area contributed by atoms with E-state index in [0.29, 0.717) is 26.2 Å². The van der Waals surface area contributed by atoms with Gasteiger partial charge < -0.3 is 9.80 Å². The molecule has 1 aliphatic heterocycles. The maximum atomic E-state index is 13.5. The fraction of sp³-hybridized carbons (Fsp3) is 0.520. The molecule has 0 radical (unpaired) electrons. The summed E-state index contributed by atoms with van der Waals surface area (Å²) in [5, 5.41) is 5.67. The highest BCUT2D eigenvalue weighted by Crippen LogP contribution is 2.32. The standard InChI is InChI=1S/C25H33FN6O/c1-6-7-17(4)22-27-23(30-12-14-31(15-13-30)25(33)16(2)3)21-18(5)29-32(24(21)28-22)20-10-8-19(26)9-11-20/h8-11,16-17H,6-7,12-15H2,1-5H3. The van der Waals surface area contributed by atoms with Gasteiger partial charge in [0.15, 0.2) is 5.65 Å². The third kappa shape index (κ3) is 4.56. The van der Waals surface area contributed by atoms with Gasteiger partial charge in [-0.1, -0.05) is 34.1 Å². The van der Waals surface area contributed by atoms with Crippen molar-refractivity contribution in [1.82, 2.24) is 24.6 Å². The van der Waals surface area contributed by atoms with E-state index in [1.807, 2.05) is 25.7 Å². The Morgan fingerprint density at radius 3 is 2.33 bits per heavy atom. The average molecular weight is 453 g/mol. The van der Waals surface area contributed by atoms with E-state index in [1.165, 1.54) is 12.1 Å². The number of nitrogens with zero attached hydrogens (tertiary/aromatic N) is 6. The zero-order chi connectivity index (χ0) is 23.7. The Hall–Kier alpha value is -3.03. The van der Waals surface area contributed by atoms with E-state index in [0.717, 1.165) is 46.9 Å². The molecule has 33 heavy (non-hydrogen) atoms. The Morgan fingerprint density at radius 1 is 1.06 bits per heavy atom. The summed E-state index contributed by atoms with van der Waals surface area (Å²) in [6.45, 7) is 12.9. The van der Waals surface area contributed by atoms with E-state index < -0.39 is 0 Å². The van der Waals surface area contributed by atoms with Crippen molar-refractivity contribution >= 4 is 22.8 Å². The first-order valence-corrected chi connectivity index (χ1v) is 11.9. The molecule has 4 rings (SSSR count). The van der Waals surface area contributed by atoms with Crippen LogP contribution in [0.5, 0.6) is 0 Å². The minimum atomic E-state index is -0.284. The van der Waals surface area contributed by atoms with Gasteiger partial charge in [0.2, 0.25) is 5.91 Å². The first kappa shape index (κ1) is 23.1. The molecule has 1 saturated heterocycles. The molecule has 0 aliphatic carbocycles. The van der Waals surface area contributed by atoms with Gasteiger partial charge in [0.25, 0.3) is 0 Å². The number of aryl methyl sites for hydroxylation is 1. The van der Waals surface area contributed by atoms with Crippen molar-refractivity contribution in [2.75, 3.05) is 31.1 Å². The van der Waals surface area contributed by atoms with Crippen molar-refractivity contribution in [3.63, 3.8) is 0 Å². The summed E-state index contributed by atoms with van der Waals surface area (Å²) in [6.07, 6.45) is 2.04. The SMILES string of the molecule is CCCC(C)c1nc(N2CCN(C(=O)C(C)C)CC2)c2c(C)nn(-c3ccc(F)cc3)c2n1. The monoisotopic (exact) mass is 452 g/mol. The molecule has 176 valence electrons. The van der Waals surface area contributed by atoms with Crippen LogP contribution in [0.15, 0.2) is 24.3 Å². The summed E-state index contributed by atoms with van der Waals surface area (Å²) in [4.78, 5) is 26.6. The van der Waals surface area contributed by atoms with Gasteiger partial charge in [-0.05, 0) is 37.6 Å². The minimum absolute atomic E-state index is 0.0000105. The Labute approximate surface area is 194 Å². The maximum Gasteiger partial charge on any atom is 0.225 e. The fourth-order valence-electron chi connectivity index (χ4n) is 4.46. The number of hydrogen-bond donors (Lipinski definition) is 0. The molecule has 1 atom stereocenters. The second-order valence-electron chi connectivity index (χ2n) is 9.23. The third-order valence-electron chi connectivity index (χ3n) is 6.32. The van der Waals surface area contributed by atoms with Crippen LogP contribution in [0.25, 0.3) is 16.7 Å². The van der Waals surface area contributed by atoms with Crippen LogP contribution >= 0.6 is 0 Å². The lowest BCUT2D eigenvalue weighted by atomic mass is 10.1. The van der Waals surface area contributed by atoms with E-state index in [2.05, 4.69) is 18.7 Å². The molecular formula is C25H33FN6O. The van der Waals surface area contributed by atoms with Gasteiger partial charge >= 0.3 is 0 Å². The van der Waals surface area contributed by atoms with Crippen molar-refractivity contribution in [1.29, 1.82) is 0 Å². The molecule has 2 aromatic heterocycles. The first-order chi connectivity index (χ1) is 15.8. The van der Waals surface area contributed by atoms with Crippen molar-refractivity contribution in [3.05, 3.63) is 41.6 Å². The number of halogens is 1. The summed E-state index contributed by atoms with van der Waals surface area (Å²) in [5.74, 6) is 1.79. The highest BCUT2D eigenvalue weighted by atomic mass is 19.1. The molecule has 3 heterocycles. The van der Waals surface area contributed by atoms with Crippen LogP contribution in [-0.2, 0) is 4.79 Å². The van der Waals surface area contributed by atoms with E-state index in [9.17, 15) is 9.18 Å². The zero-order valence-electron chi connectivity index (χ0n) is 20.2. The lowest BCUT2D eigenvalue weighted by Crippen LogP contribution is -2.50. The number of piperazine rings is 1. The quantitative estimate of drug-likeness (QED) is 0.552. The average Bonchev–Trinajstić information content (AvgIpc) is 3.15. The van der Waals surface area contributed by atoms with Gasteiger partial charge in [-0.25, -0.2) is 19.0 Å². The lowest BCUT2D eigenvalue weighted by Gasteiger charge is -2.36. The number of fused-ring (bicyclic) bond motifs is 1.